The highest BCUT2D eigenvalue weighted by molar-refractivity contribution is 5.80. The summed E-state index contributed by atoms with van der Waals surface area (Å²) in [5, 5.41) is 3.01. The van der Waals surface area contributed by atoms with Crippen molar-refractivity contribution in [3.63, 3.8) is 0 Å². The molecule has 1 heterocycles. The van der Waals surface area contributed by atoms with Crippen LogP contribution in [0.5, 0.6) is 5.75 Å². The van der Waals surface area contributed by atoms with Crippen molar-refractivity contribution in [3.8, 4) is 5.75 Å². The summed E-state index contributed by atoms with van der Waals surface area (Å²) >= 11 is 0. The second-order valence-electron chi connectivity index (χ2n) is 7.81. The van der Waals surface area contributed by atoms with E-state index in [1.807, 2.05) is 26.0 Å². The topological polar surface area (TPSA) is 41.6 Å². The van der Waals surface area contributed by atoms with Crippen LogP contribution in [0.3, 0.4) is 0 Å². The van der Waals surface area contributed by atoms with E-state index >= 15 is 0 Å². The molecule has 1 aromatic carbocycles. The molecule has 4 heteroatoms. The number of rotatable bonds is 7. The molecule has 2 rings (SSSR count). The lowest BCUT2D eigenvalue weighted by molar-refractivity contribution is -0.127. The van der Waals surface area contributed by atoms with Crippen molar-refractivity contribution in [2.45, 2.75) is 53.6 Å². The molecule has 140 valence electrons. The minimum atomic E-state index is -0.476. The molecule has 4 nitrogen and oxygen atoms in total. The summed E-state index contributed by atoms with van der Waals surface area (Å²) in [5.41, 5.74) is 2.27. The third-order valence-electron chi connectivity index (χ3n) is 5.12. The number of carbonyl (C=O) groups excluding carboxylic acids is 1. The van der Waals surface area contributed by atoms with Crippen LogP contribution >= 0.6 is 0 Å². The van der Waals surface area contributed by atoms with Crippen molar-refractivity contribution in [1.29, 1.82) is 0 Å². The summed E-state index contributed by atoms with van der Waals surface area (Å²) in [7, 11) is 0. The molecule has 0 radical (unpaired) electrons. The maximum atomic E-state index is 12.2. The summed E-state index contributed by atoms with van der Waals surface area (Å²) in [4.78, 5) is 14.8. The number of amides is 1. The maximum Gasteiger partial charge on any atom is 0.260 e. The van der Waals surface area contributed by atoms with Crippen LogP contribution in [0.4, 0.5) is 0 Å². The molecule has 1 aliphatic rings. The van der Waals surface area contributed by atoms with Gasteiger partial charge in [-0.05, 0) is 69.2 Å². The van der Waals surface area contributed by atoms with E-state index in [9.17, 15) is 4.79 Å². The molecule has 1 aromatic rings. The van der Waals surface area contributed by atoms with Crippen LogP contribution in [0.1, 0.15) is 44.7 Å². The molecule has 1 fully saturated rings. The van der Waals surface area contributed by atoms with Gasteiger partial charge in [0.1, 0.15) is 5.75 Å². The Balaban J connectivity index is 1.70. The number of nitrogens with zero attached hydrogens (tertiary/aromatic N) is 1. The fourth-order valence-corrected chi connectivity index (χ4v) is 3.73. The van der Waals surface area contributed by atoms with Crippen LogP contribution in [-0.4, -0.2) is 43.1 Å². The predicted octanol–water partition coefficient (Wildman–Crippen LogP) is 3.55. The van der Waals surface area contributed by atoms with Crippen LogP contribution in [-0.2, 0) is 4.79 Å². The first-order valence-corrected chi connectivity index (χ1v) is 9.59. The highest BCUT2D eigenvalue weighted by Crippen LogP contribution is 2.22. The van der Waals surface area contributed by atoms with Gasteiger partial charge in [0, 0.05) is 19.6 Å². The Kier molecular flexibility index (Phi) is 7.30. The van der Waals surface area contributed by atoms with Crippen LogP contribution < -0.4 is 10.1 Å². The Hall–Kier alpha value is -1.55. The van der Waals surface area contributed by atoms with E-state index in [0.29, 0.717) is 6.54 Å². The van der Waals surface area contributed by atoms with Gasteiger partial charge in [0.15, 0.2) is 6.10 Å². The third-order valence-corrected chi connectivity index (χ3v) is 5.12. The van der Waals surface area contributed by atoms with E-state index in [2.05, 4.69) is 37.1 Å². The normalized spacial score (nSPS) is 22.4. The van der Waals surface area contributed by atoms with Gasteiger partial charge < -0.3 is 15.0 Å². The molecule has 1 saturated heterocycles. The molecular weight excluding hydrogens is 312 g/mol. The number of piperidine rings is 1. The summed E-state index contributed by atoms with van der Waals surface area (Å²) in [6.07, 6.45) is 1.84. The average Bonchev–Trinajstić information content (AvgIpc) is 2.54. The number of nitrogens with one attached hydrogen (secondary N) is 1. The van der Waals surface area contributed by atoms with Gasteiger partial charge in [-0.3, -0.25) is 4.79 Å². The molecule has 0 saturated carbocycles. The Morgan fingerprint density at radius 1 is 1.28 bits per heavy atom. The first kappa shape index (κ1) is 19.8. The number of hydrogen-bond donors (Lipinski definition) is 1. The first-order chi connectivity index (χ1) is 11.9. The Bertz CT molecular complexity index is 563. The molecule has 1 aliphatic heterocycles. The van der Waals surface area contributed by atoms with Gasteiger partial charge in [0.25, 0.3) is 5.91 Å². The van der Waals surface area contributed by atoms with Gasteiger partial charge in [0.2, 0.25) is 0 Å². The molecule has 1 N–H and O–H groups in total. The standard InChI is InChI=1S/C21H34N2O2/c1-15-12-16(2)14-23(13-15)11-7-10-22-21(24)19(5)25-20-9-6-8-17(3)18(20)4/h6,8-9,15-16,19H,7,10-14H2,1-5H3,(H,22,24)/t15-,16+,19-/m1/s1. The van der Waals surface area contributed by atoms with Crippen molar-refractivity contribution in [2.24, 2.45) is 11.8 Å². The monoisotopic (exact) mass is 346 g/mol. The number of ether oxygens (including phenoxy) is 1. The zero-order valence-electron chi connectivity index (χ0n) is 16.5. The van der Waals surface area contributed by atoms with Crippen molar-refractivity contribution in [2.75, 3.05) is 26.2 Å². The van der Waals surface area contributed by atoms with Crippen molar-refractivity contribution in [1.82, 2.24) is 10.2 Å². The number of aryl methyl sites for hydroxylation is 1. The van der Waals surface area contributed by atoms with E-state index in [0.717, 1.165) is 36.1 Å². The van der Waals surface area contributed by atoms with Gasteiger partial charge >= 0.3 is 0 Å². The summed E-state index contributed by atoms with van der Waals surface area (Å²) in [5.74, 6) is 2.31. The predicted molar refractivity (Wildman–Crippen MR) is 103 cm³/mol. The molecule has 0 spiro atoms. The molecular formula is C21H34N2O2. The molecule has 25 heavy (non-hydrogen) atoms. The van der Waals surface area contributed by atoms with Gasteiger partial charge in [-0.1, -0.05) is 26.0 Å². The lowest BCUT2D eigenvalue weighted by atomic mass is 9.92. The molecule has 3 atom stereocenters. The van der Waals surface area contributed by atoms with Gasteiger partial charge in [-0.25, -0.2) is 0 Å². The van der Waals surface area contributed by atoms with Gasteiger partial charge in [0.05, 0.1) is 0 Å². The third kappa shape index (κ3) is 6.03. The zero-order chi connectivity index (χ0) is 18.4. The van der Waals surface area contributed by atoms with Crippen LogP contribution in [0.15, 0.2) is 18.2 Å². The van der Waals surface area contributed by atoms with Gasteiger partial charge in [-0.15, -0.1) is 0 Å². The fraction of sp³-hybridized carbons (Fsp3) is 0.667. The van der Waals surface area contributed by atoms with Crippen LogP contribution in [0, 0.1) is 25.7 Å². The molecule has 0 aromatic heterocycles. The average molecular weight is 347 g/mol. The highest BCUT2D eigenvalue weighted by atomic mass is 16.5. The lowest BCUT2D eigenvalue weighted by Gasteiger charge is -2.34. The van der Waals surface area contributed by atoms with Crippen LogP contribution in [0.25, 0.3) is 0 Å². The quantitative estimate of drug-likeness (QED) is 0.768. The largest absolute Gasteiger partial charge is 0.481 e. The number of benzene rings is 1. The Morgan fingerprint density at radius 3 is 2.64 bits per heavy atom. The molecule has 0 aliphatic carbocycles. The molecule has 0 bridgehead atoms. The minimum Gasteiger partial charge on any atom is -0.481 e. The first-order valence-electron chi connectivity index (χ1n) is 9.59. The van der Waals surface area contributed by atoms with E-state index in [-0.39, 0.29) is 5.91 Å². The summed E-state index contributed by atoms with van der Waals surface area (Å²) in [6.45, 7) is 14.7. The second kappa shape index (κ2) is 9.23. The van der Waals surface area contributed by atoms with E-state index < -0.39 is 6.10 Å². The smallest absolute Gasteiger partial charge is 0.260 e. The zero-order valence-corrected chi connectivity index (χ0v) is 16.5. The summed E-state index contributed by atoms with van der Waals surface area (Å²) < 4.78 is 5.84. The van der Waals surface area contributed by atoms with E-state index in [1.165, 1.54) is 25.1 Å². The van der Waals surface area contributed by atoms with Gasteiger partial charge in [-0.2, -0.15) is 0 Å². The number of carbonyl (C=O) groups is 1. The summed E-state index contributed by atoms with van der Waals surface area (Å²) in [6, 6.07) is 5.93. The lowest BCUT2D eigenvalue weighted by Crippen LogP contribution is -2.41. The Morgan fingerprint density at radius 2 is 1.96 bits per heavy atom. The minimum absolute atomic E-state index is 0.0405. The molecule has 0 unspecified atom stereocenters. The van der Waals surface area contributed by atoms with E-state index in [4.69, 9.17) is 4.74 Å². The maximum absolute atomic E-state index is 12.2. The van der Waals surface area contributed by atoms with Crippen molar-refractivity contribution >= 4 is 5.91 Å². The van der Waals surface area contributed by atoms with E-state index in [1.54, 1.807) is 0 Å². The van der Waals surface area contributed by atoms with Crippen molar-refractivity contribution < 1.29 is 9.53 Å². The van der Waals surface area contributed by atoms with Crippen LogP contribution in [0.2, 0.25) is 0 Å². The van der Waals surface area contributed by atoms with Crippen molar-refractivity contribution in [3.05, 3.63) is 29.3 Å². The number of likely N-dealkylation sites (tertiary alicyclic amines) is 1. The Labute approximate surface area is 152 Å². The fourth-order valence-electron chi connectivity index (χ4n) is 3.73. The SMILES string of the molecule is Cc1cccc(O[C@H](C)C(=O)NCCCN2C[C@H](C)C[C@H](C)C2)c1C. The highest BCUT2D eigenvalue weighted by Gasteiger charge is 2.21. The molecule has 1 amide bonds. The number of hydrogen-bond acceptors (Lipinski definition) is 3. The second-order valence-corrected chi connectivity index (χ2v) is 7.81.